The van der Waals surface area contributed by atoms with Crippen molar-refractivity contribution in [2.45, 2.75) is 51.4 Å². The smallest absolute Gasteiger partial charge is 0.439 e. The highest BCUT2D eigenvalue weighted by Gasteiger charge is 2.68. The second-order valence-corrected chi connectivity index (χ2v) is 7.10. The molecule has 0 bridgehead atoms. The molecule has 1 fully saturated rings. The number of carbonyl (C=O) groups excluding carboxylic acids is 1. The predicted octanol–water partition coefficient (Wildman–Crippen LogP) is 3.35. The lowest BCUT2D eigenvalue weighted by molar-refractivity contribution is -0.318. The Balaban J connectivity index is 1.81. The zero-order valence-electron chi connectivity index (χ0n) is 15.3. The summed E-state index contributed by atoms with van der Waals surface area (Å²) in [7, 11) is 0. The topological polar surface area (TPSA) is 61.8 Å². The third kappa shape index (κ3) is 3.50. The molecule has 1 amide bonds. The number of allylic oxidation sites excluding steroid dienone is 1. The van der Waals surface area contributed by atoms with Crippen LogP contribution in [0.5, 0.6) is 5.75 Å². The summed E-state index contributed by atoms with van der Waals surface area (Å²) in [6, 6.07) is 5.16. The number of hydrogen-bond acceptors (Lipinski definition) is 4. The van der Waals surface area contributed by atoms with Gasteiger partial charge in [-0.05, 0) is 56.4 Å². The number of nitrogens with zero attached hydrogens (tertiary/aromatic N) is 1. The molecule has 0 unspecified atom stereocenters. The van der Waals surface area contributed by atoms with E-state index in [1.165, 1.54) is 0 Å². The van der Waals surface area contributed by atoms with Crippen LogP contribution in [0, 0.1) is 19.8 Å². The summed E-state index contributed by atoms with van der Waals surface area (Å²) < 4.78 is 46.7. The standard InChI is InChI=1S/C19H23F3N2O3/c1-12-8-9-14(10-13(12)2)27-11-17(25)24-18(26,19(20,21)22)15-6-4-3-5-7-16(15)23-24/h7-10,15,23,26H,3-6,11H2,1-2H3/t15-,18+/m0/s1. The highest BCUT2D eigenvalue weighted by Crippen LogP contribution is 2.48. The number of alkyl halides is 3. The molecule has 0 saturated carbocycles. The number of rotatable bonds is 3. The fourth-order valence-corrected chi connectivity index (χ4v) is 3.55. The summed E-state index contributed by atoms with van der Waals surface area (Å²) in [5, 5.41) is 10.9. The monoisotopic (exact) mass is 384 g/mol. The molecule has 1 aliphatic heterocycles. The van der Waals surface area contributed by atoms with Gasteiger partial charge >= 0.3 is 6.18 Å². The van der Waals surface area contributed by atoms with E-state index >= 15 is 0 Å². The van der Waals surface area contributed by atoms with E-state index in [0.717, 1.165) is 17.5 Å². The summed E-state index contributed by atoms with van der Waals surface area (Å²) in [5.41, 5.74) is 1.42. The maximum Gasteiger partial charge on any atom is 0.439 e. The van der Waals surface area contributed by atoms with Crippen LogP contribution in [0.2, 0.25) is 0 Å². The lowest BCUT2D eigenvalue weighted by Gasteiger charge is -2.36. The molecule has 1 aromatic carbocycles. The highest BCUT2D eigenvalue weighted by molar-refractivity contribution is 5.79. The number of aryl methyl sites for hydroxylation is 2. The minimum absolute atomic E-state index is 0.149. The first-order valence-corrected chi connectivity index (χ1v) is 8.93. The fourth-order valence-electron chi connectivity index (χ4n) is 3.55. The van der Waals surface area contributed by atoms with Crippen LogP contribution in [0.4, 0.5) is 13.2 Å². The van der Waals surface area contributed by atoms with E-state index in [4.69, 9.17) is 4.74 Å². The lowest BCUT2D eigenvalue weighted by Crippen LogP contribution is -2.63. The van der Waals surface area contributed by atoms with Gasteiger partial charge in [-0.15, -0.1) is 0 Å². The highest BCUT2D eigenvalue weighted by atomic mass is 19.4. The number of halogens is 3. The van der Waals surface area contributed by atoms with Crippen molar-refractivity contribution in [3.05, 3.63) is 41.1 Å². The molecule has 2 atom stereocenters. The van der Waals surface area contributed by atoms with Gasteiger partial charge in [-0.25, -0.2) is 5.01 Å². The molecule has 27 heavy (non-hydrogen) atoms. The van der Waals surface area contributed by atoms with Gasteiger partial charge in [-0.3, -0.25) is 10.2 Å². The number of fused-ring (bicyclic) bond motifs is 1. The van der Waals surface area contributed by atoms with E-state index in [2.05, 4.69) is 5.43 Å². The van der Waals surface area contributed by atoms with Crippen LogP contribution in [0.1, 0.15) is 36.8 Å². The van der Waals surface area contributed by atoms with Gasteiger partial charge in [0.1, 0.15) is 5.75 Å². The fraction of sp³-hybridized carbons (Fsp3) is 0.526. The van der Waals surface area contributed by atoms with Crippen molar-refractivity contribution in [2.24, 2.45) is 5.92 Å². The van der Waals surface area contributed by atoms with Crippen molar-refractivity contribution in [3.63, 3.8) is 0 Å². The van der Waals surface area contributed by atoms with Crippen molar-refractivity contribution < 1.29 is 27.8 Å². The lowest BCUT2D eigenvalue weighted by atomic mass is 9.89. The Kier molecular flexibility index (Phi) is 5.12. The van der Waals surface area contributed by atoms with Gasteiger partial charge < -0.3 is 9.84 Å². The Bertz CT molecular complexity index is 763. The molecule has 2 aliphatic rings. The molecule has 8 heteroatoms. The summed E-state index contributed by atoms with van der Waals surface area (Å²) >= 11 is 0. The van der Waals surface area contributed by atoms with Crippen molar-refractivity contribution in [2.75, 3.05) is 6.61 Å². The molecule has 0 spiro atoms. The van der Waals surface area contributed by atoms with E-state index in [1.54, 1.807) is 24.3 Å². The molecule has 148 valence electrons. The average molecular weight is 384 g/mol. The maximum atomic E-state index is 13.8. The Morgan fingerprint density at radius 3 is 2.74 bits per heavy atom. The van der Waals surface area contributed by atoms with Crippen LogP contribution in [-0.2, 0) is 4.79 Å². The van der Waals surface area contributed by atoms with Gasteiger partial charge in [-0.2, -0.15) is 13.2 Å². The summed E-state index contributed by atoms with van der Waals surface area (Å²) in [6.07, 6.45) is -1.32. The van der Waals surface area contributed by atoms with Crippen molar-refractivity contribution >= 4 is 5.91 Å². The van der Waals surface area contributed by atoms with E-state index in [1.807, 2.05) is 13.8 Å². The number of amides is 1. The summed E-state index contributed by atoms with van der Waals surface area (Å²) in [6.45, 7) is 3.17. The number of hydrazine groups is 1. The first-order valence-electron chi connectivity index (χ1n) is 8.93. The van der Waals surface area contributed by atoms with Crippen LogP contribution >= 0.6 is 0 Å². The molecular weight excluding hydrogens is 361 g/mol. The predicted molar refractivity (Wildman–Crippen MR) is 92.4 cm³/mol. The molecule has 0 radical (unpaired) electrons. The quantitative estimate of drug-likeness (QED) is 0.839. The third-order valence-electron chi connectivity index (χ3n) is 5.26. The number of nitrogens with one attached hydrogen (secondary N) is 1. The summed E-state index contributed by atoms with van der Waals surface area (Å²) in [4.78, 5) is 12.5. The van der Waals surface area contributed by atoms with E-state index in [0.29, 0.717) is 18.6 Å². The maximum absolute atomic E-state index is 13.8. The number of carbonyl (C=O) groups is 1. The summed E-state index contributed by atoms with van der Waals surface area (Å²) in [5.74, 6) is -1.82. The molecule has 2 N–H and O–H groups in total. The van der Waals surface area contributed by atoms with Gasteiger partial charge in [0.2, 0.25) is 0 Å². The van der Waals surface area contributed by atoms with Gasteiger partial charge in [0.05, 0.1) is 5.92 Å². The second kappa shape index (κ2) is 7.07. The first kappa shape index (κ1) is 19.5. The minimum atomic E-state index is -5.00. The van der Waals surface area contributed by atoms with Gasteiger partial charge in [-0.1, -0.05) is 18.6 Å². The molecule has 0 aromatic heterocycles. The Labute approximate surface area is 155 Å². The van der Waals surface area contributed by atoms with E-state index in [-0.39, 0.29) is 17.1 Å². The van der Waals surface area contributed by atoms with Gasteiger partial charge in [0.15, 0.2) is 6.61 Å². The van der Waals surface area contributed by atoms with Crippen LogP contribution < -0.4 is 10.2 Å². The number of ether oxygens (including phenoxy) is 1. The molecule has 1 aromatic rings. The molecule has 5 nitrogen and oxygen atoms in total. The SMILES string of the molecule is Cc1ccc(OCC(=O)N2NC3=CCCCC[C@@H]3[C@@]2(O)C(F)(F)F)cc1C. The number of aliphatic hydroxyl groups is 1. The van der Waals surface area contributed by atoms with Crippen molar-refractivity contribution in [1.82, 2.24) is 10.4 Å². The first-order chi connectivity index (χ1) is 12.6. The second-order valence-electron chi connectivity index (χ2n) is 7.10. The van der Waals surface area contributed by atoms with Gasteiger partial charge in [0, 0.05) is 5.70 Å². The average Bonchev–Trinajstić information content (AvgIpc) is 2.75. The van der Waals surface area contributed by atoms with Gasteiger partial charge in [0.25, 0.3) is 11.6 Å². The zero-order chi connectivity index (χ0) is 19.8. The van der Waals surface area contributed by atoms with E-state index < -0.39 is 30.3 Å². The van der Waals surface area contributed by atoms with E-state index in [9.17, 15) is 23.1 Å². The van der Waals surface area contributed by atoms with Crippen LogP contribution in [0.15, 0.2) is 30.0 Å². The molecule has 3 rings (SSSR count). The Morgan fingerprint density at radius 1 is 1.33 bits per heavy atom. The molecule has 1 heterocycles. The number of benzene rings is 1. The van der Waals surface area contributed by atoms with Crippen LogP contribution in [-0.4, -0.2) is 34.5 Å². The number of hydrogen-bond donors (Lipinski definition) is 2. The minimum Gasteiger partial charge on any atom is -0.484 e. The molecule has 1 aliphatic carbocycles. The molecule has 1 saturated heterocycles. The van der Waals surface area contributed by atoms with Crippen LogP contribution in [0.25, 0.3) is 0 Å². The Morgan fingerprint density at radius 2 is 2.07 bits per heavy atom. The van der Waals surface area contributed by atoms with Crippen molar-refractivity contribution in [1.29, 1.82) is 0 Å². The molecular formula is C19H23F3N2O3. The zero-order valence-corrected chi connectivity index (χ0v) is 15.3. The normalized spacial score (nSPS) is 25.3. The Hall–Kier alpha value is -2.22. The van der Waals surface area contributed by atoms with Crippen LogP contribution in [0.3, 0.4) is 0 Å². The van der Waals surface area contributed by atoms with Crippen molar-refractivity contribution in [3.8, 4) is 5.75 Å². The largest absolute Gasteiger partial charge is 0.484 e. The third-order valence-corrected chi connectivity index (χ3v) is 5.26.